The van der Waals surface area contributed by atoms with Gasteiger partial charge in [0.1, 0.15) is 10.7 Å². The van der Waals surface area contributed by atoms with Crippen molar-refractivity contribution in [1.29, 1.82) is 0 Å². The van der Waals surface area contributed by atoms with Gasteiger partial charge in [-0.25, -0.2) is 0 Å². The Morgan fingerprint density at radius 1 is 1.77 bits per heavy atom. The third kappa shape index (κ3) is 3.58. The van der Waals surface area contributed by atoms with Crippen molar-refractivity contribution in [2.24, 2.45) is 0 Å². The van der Waals surface area contributed by atoms with Crippen LogP contribution in [0.1, 0.15) is 12.8 Å². The minimum Gasteiger partial charge on any atom is -0.465 e. The molecule has 13 heavy (non-hydrogen) atoms. The highest BCUT2D eigenvalue weighted by Gasteiger charge is 2.28. The van der Waals surface area contributed by atoms with Crippen molar-refractivity contribution in [3.63, 3.8) is 0 Å². The highest BCUT2D eigenvalue weighted by atomic mass is 32.9. The summed E-state index contributed by atoms with van der Waals surface area (Å²) in [4.78, 5) is 11.3. The molecule has 0 N–H and O–H groups in total. The topological polar surface area (TPSA) is 35.5 Å². The Kier molecular flexibility index (Phi) is 4.23. The zero-order valence-corrected chi connectivity index (χ0v) is 10.2. The molecule has 0 aromatic heterocycles. The second kappa shape index (κ2) is 4.78. The van der Waals surface area contributed by atoms with Gasteiger partial charge in [0.25, 0.3) is 0 Å². The molecule has 0 aliphatic carbocycles. The zero-order chi connectivity index (χ0) is 9.90. The van der Waals surface area contributed by atoms with Crippen LogP contribution in [0.15, 0.2) is 0 Å². The smallest absolute Gasteiger partial charge is 0.319 e. The monoisotopic (exact) mass is 240 g/mol. The third-order valence-corrected chi connectivity index (χ3v) is 7.08. The fourth-order valence-corrected chi connectivity index (χ4v) is 5.15. The molecule has 1 rings (SSSR count). The van der Waals surface area contributed by atoms with E-state index >= 15 is 0 Å². The van der Waals surface area contributed by atoms with Crippen LogP contribution in [-0.2, 0) is 25.9 Å². The van der Waals surface area contributed by atoms with Crippen molar-refractivity contribution in [3.05, 3.63) is 0 Å². The summed E-state index contributed by atoms with van der Waals surface area (Å²) in [6.07, 6.45) is 1.79. The van der Waals surface area contributed by atoms with E-state index in [1.807, 2.05) is 6.66 Å². The number of carbonyl (C=O) groups excluding carboxylic acids is 1. The standard InChI is InChI=1S/C7H13O3PS2/c1-9-11(2,12)13-6-4-3-5-10-7(6)8/h6H,3-5H2,1-2H3. The fourth-order valence-electron chi connectivity index (χ4n) is 1.02. The molecular formula is C7H13O3PS2. The lowest BCUT2D eigenvalue weighted by atomic mass is 10.2. The molecule has 0 bridgehead atoms. The fraction of sp³-hybridized carbons (Fsp3) is 0.857. The molecule has 6 heteroatoms. The molecule has 3 nitrogen and oxygen atoms in total. The van der Waals surface area contributed by atoms with E-state index < -0.39 is 5.47 Å². The quantitative estimate of drug-likeness (QED) is 0.557. The molecule has 2 atom stereocenters. The van der Waals surface area contributed by atoms with Crippen molar-refractivity contribution >= 4 is 34.6 Å². The first-order valence-electron chi connectivity index (χ1n) is 4.03. The van der Waals surface area contributed by atoms with Crippen molar-refractivity contribution in [2.45, 2.75) is 18.1 Å². The summed E-state index contributed by atoms with van der Waals surface area (Å²) < 4.78 is 10.1. The molecule has 0 aromatic rings. The lowest BCUT2D eigenvalue weighted by Gasteiger charge is -2.24. The van der Waals surface area contributed by atoms with E-state index in [2.05, 4.69) is 0 Å². The van der Waals surface area contributed by atoms with Crippen molar-refractivity contribution < 1.29 is 14.1 Å². The maximum absolute atomic E-state index is 11.3. The van der Waals surface area contributed by atoms with Crippen LogP contribution in [-0.4, -0.2) is 31.6 Å². The van der Waals surface area contributed by atoms with Crippen LogP contribution in [0.4, 0.5) is 0 Å². The van der Waals surface area contributed by atoms with Crippen molar-refractivity contribution in [1.82, 2.24) is 0 Å². The molecule has 0 amide bonds. The molecule has 1 saturated heterocycles. The summed E-state index contributed by atoms with van der Waals surface area (Å²) in [7, 11) is 1.60. The van der Waals surface area contributed by atoms with Gasteiger partial charge in [0, 0.05) is 7.11 Å². The minimum atomic E-state index is -1.83. The average molecular weight is 240 g/mol. The maximum atomic E-state index is 11.3. The van der Waals surface area contributed by atoms with Gasteiger partial charge in [0.05, 0.1) is 6.61 Å². The van der Waals surface area contributed by atoms with E-state index in [1.54, 1.807) is 7.11 Å². The Labute approximate surface area is 87.4 Å². The van der Waals surface area contributed by atoms with Crippen LogP contribution in [0, 0.1) is 0 Å². The van der Waals surface area contributed by atoms with Gasteiger partial charge in [-0.05, 0) is 19.5 Å². The van der Waals surface area contributed by atoms with E-state index in [1.165, 1.54) is 11.4 Å². The Hall–Kier alpha value is 0.430. The molecule has 0 aromatic carbocycles. The molecule has 1 aliphatic heterocycles. The van der Waals surface area contributed by atoms with Crippen LogP contribution in [0.3, 0.4) is 0 Å². The van der Waals surface area contributed by atoms with Gasteiger partial charge in [-0.3, -0.25) is 4.79 Å². The highest BCUT2D eigenvalue weighted by Crippen LogP contribution is 2.58. The first-order chi connectivity index (χ1) is 6.05. The third-order valence-electron chi connectivity index (χ3n) is 1.77. The predicted molar refractivity (Wildman–Crippen MR) is 58.8 cm³/mol. The summed E-state index contributed by atoms with van der Waals surface area (Å²) in [6, 6.07) is 0. The molecule has 1 aliphatic rings. The molecule has 1 fully saturated rings. The van der Waals surface area contributed by atoms with Gasteiger partial charge in [-0.1, -0.05) is 23.2 Å². The number of hydrogen-bond donors (Lipinski definition) is 0. The SMILES string of the molecule is COP(C)(=S)SC1CCCOC1=O. The number of rotatable bonds is 3. The first-order valence-corrected chi connectivity index (χ1v) is 8.68. The van der Waals surface area contributed by atoms with Crippen LogP contribution in [0.5, 0.6) is 0 Å². The molecule has 2 unspecified atom stereocenters. The second-order valence-corrected chi connectivity index (χ2v) is 11.1. The lowest BCUT2D eigenvalue weighted by molar-refractivity contribution is -0.145. The average Bonchev–Trinajstić information content (AvgIpc) is 2.09. The molecule has 0 saturated carbocycles. The zero-order valence-electron chi connectivity index (χ0n) is 7.69. The van der Waals surface area contributed by atoms with E-state index in [4.69, 9.17) is 21.1 Å². The van der Waals surface area contributed by atoms with Gasteiger partial charge >= 0.3 is 5.97 Å². The molecule has 76 valence electrons. The molecule has 1 heterocycles. The van der Waals surface area contributed by atoms with E-state index in [-0.39, 0.29) is 11.2 Å². The maximum Gasteiger partial charge on any atom is 0.319 e. The Balaban J connectivity index is 2.52. The molecule has 0 radical (unpaired) electrons. The normalized spacial score (nSPS) is 27.8. The Morgan fingerprint density at radius 2 is 2.46 bits per heavy atom. The first kappa shape index (κ1) is 11.5. The minimum absolute atomic E-state index is 0.107. The number of carbonyl (C=O) groups is 1. The lowest BCUT2D eigenvalue weighted by Crippen LogP contribution is -2.26. The Bertz CT molecular complexity index is 244. The Morgan fingerprint density at radius 3 is 3.00 bits per heavy atom. The summed E-state index contributed by atoms with van der Waals surface area (Å²) in [5, 5.41) is -0.107. The van der Waals surface area contributed by atoms with Gasteiger partial charge in [-0.2, -0.15) is 0 Å². The number of hydrogen-bond acceptors (Lipinski definition) is 5. The molecule has 0 spiro atoms. The van der Waals surface area contributed by atoms with Crippen LogP contribution >= 0.6 is 16.8 Å². The summed E-state index contributed by atoms with van der Waals surface area (Å²) in [5.41, 5.74) is -1.83. The van der Waals surface area contributed by atoms with Gasteiger partial charge in [0.2, 0.25) is 0 Å². The van der Waals surface area contributed by atoms with Crippen LogP contribution in [0.25, 0.3) is 0 Å². The van der Waals surface area contributed by atoms with E-state index in [9.17, 15) is 4.79 Å². The van der Waals surface area contributed by atoms with Crippen LogP contribution in [0.2, 0.25) is 0 Å². The molecular weight excluding hydrogens is 227 g/mol. The van der Waals surface area contributed by atoms with Gasteiger partial charge in [0.15, 0.2) is 0 Å². The number of esters is 1. The van der Waals surface area contributed by atoms with E-state index in [0.29, 0.717) is 6.61 Å². The van der Waals surface area contributed by atoms with Gasteiger partial charge < -0.3 is 9.26 Å². The summed E-state index contributed by atoms with van der Waals surface area (Å²) in [5.74, 6) is -0.135. The summed E-state index contributed by atoms with van der Waals surface area (Å²) in [6.45, 7) is 2.43. The number of cyclic esters (lactones) is 1. The van der Waals surface area contributed by atoms with E-state index in [0.717, 1.165) is 12.8 Å². The van der Waals surface area contributed by atoms with Crippen molar-refractivity contribution in [2.75, 3.05) is 20.4 Å². The van der Waals surface area contributed by atoms with Gasteiger partial charge in [-0.15, -0.1) is 0 Å². The van der Waals surface area contributed by atoms with Crippen LogP contribution < -0.4 is 0 Å². The summed E-state index contributed by atoms with van der Waals surface area (Å²) >= 11 is 6.68. The second-order valence-electron chi connectivity index (χ2n) is 2.86. The van der Waals surface area contributed by atoms with Crippen molar-refractivity contribution in [3.8, 4) is 0 Å². The number of ether oxygens (including phenoxy) is 1. The highest BCUT2D eigenvalue weighted by molar-refractivity contribution is 8.69. The predicted octanol–water partition coefficient (Wildman–Crippen LogP) is 2.01. The largest absolute Gasteiger partial charge is 0.465 e.